The zero-order chi connectivity index (χ0) is 23.6. The molecule has 0 bridgehead atoms. The minimum absolute atomic E-state index is 0.0333. The first-order valence-corrected chi connectivity index (χ1v) is 12.9. The van der Waals surface area contributed by atoms with Crippen molar-refractivity contribution in [3.8, 4) is 5.75 Å². The Labute approximate surface area is 206 Å². The van der Waals surface area contributed by atoms with Gasteiger partial charge in [-0.3, -0.25) is 4.79 Å². The van der Waals surface area contributed by atoms with Crippen LogP contribution in [0.4, 0.5) is 5.69 Å². The van der Waals surface area contributed by atoms with Crippen molar-refractivity contribution >= 4 is 49.1 Å². The number of fused-ring (bicyclic) bond motifs is 1. The number of methoxy groups -OCH3 is 1. The van der Waals surface area contributed by atoms with Gasteiger partial charge in [0, 0.05) is 28.3 Å². The van der Waals surface area contributed by atoms with Crippen molar-refractivity contribution in [3.05, 3.63) is 87.4 Å². The molecule has 1 aliphatic rings. The van der Waals surface area contributed by atoms with Crippen molar-refractivity contribution in [2.24, 2.45) is 0 Å². The fourth-order valence-electron chi connectivity index (χ4n) is 3.87. The lowest BCUT2D eigenvalue weighted by Crippen LogP contribution is -2.42. The quantitative estimate of drug-likeness (QED) is 0.421. The average Bonchev–Trinajstić information content (AvgIpc) is 3.22. The van der Waals surface area contributed by atoms with E-state index < -0.39 is 10.0 Å². The first kappa shape index (κ1) is 23.8. The summed E-state index contributed by atoms with van der Waals surface area (Å²) in [7, 11) is -2.71. The van der Waals surface area contributed by atoms with E-state index in [-0.39, 0.29) is 34.7 Å². The zero-order valence-electron chi connectivity index (χ0n) is 17.9. The van der Waals surface area contributed by atoms with Gasteiger partial charge < -0.3 is 9.64 Å². The van der Waals surface area contributed by atoms with Crippen molar-refractivity contribution < 1.29 is 17.9 Å². The number of benzene rings is 3. The van der Waals surface area contributed by atoms with Crippen molar-refractivity contribution in [2.45, 2.75) is 17.9 Å². The maximum atomic E-state index is 13.7. The predicted molar refractivity (Wildman–Crippen MR) is 132 cm³/mol. The molecule has 0 atom stereocenters. The van der Waals surface area contributed by atoms with Gasteiger partial charge in [0.25, 0.3) is 0 Å². The lowest BCUT2D eigenvalue weighted by molar-refractivity contribution is -0.118. The lowest BCUT2D eigenvalue weighted by Gasteiger charge is -2.26. The number of hydrogen-bond donors (Lipinski definition) is 0. The van der Waals surface area contributed by atoms with Gasteiger partial charge in [-0.1, -0.05) is 57.9 Å². The van der Waals surface area contributed by atoms with Gasteiger partial charge in [-0.15, -0.1) is 0 Å². The van der Waals surface area contributed by atoms with E-state index in [1.54, 1.807) is 11.0 Å². The molecule has 1 heterocycles. The van der Waals surface area contributed by atoms with Crippen molar-refractivity contribution in [1.82, 2.24) is 4.31 Å². The van der Waals surface area contributed by atoms with E-state index in [1.165, 1.54) is 23.5 Å². The number of carbonyl (C=O) groups excluding carboxylic acids is 1. The Morgan fingerprint density at radius 2 is 1.88 bits per heavy atom. The van der Waals surface area contributed by atoms with Crippen LogP contribution in [0.2, 0.25) is 5.02 Å². The van der Waals surface area contributed by atoms with Gasteiger partial charge in [0.05, 0.1) is 13.7 Å². The second-order valence-electron chi connectivity index (χ2n) is 7.62. The summed E-state index contributed by atoms with van der Waals surface area (Å²) >= 11 is 9.56. The molecule has 4 rings (SSSR count). The van der Waals surface area contributed by atoms with E-state index in [0.717, 1.165) is 21.3 Å². The van der Waals surface area contributed by atoms with Gasteiger partial charge in [-0.05, 0) is 53.9 Å². The molecule has 0 fully saturated rings. The normalized spacial score (nSPS) is 13.3. The molecule has 6 nitrogen and oxygen atoms in total. The van der Waals surface area contributed by atoms with Gasteiger partial charge in [0.15, 0.2) is 0 Å². The number of ether oxygens (including phenoxy) is 1. The highest BCUT2D eigenvalue weighted by Gasteiger charge is 2.33. The molecule has 172 valence electrons. The van der Waals surface area contributed by atoms with E-state index >= 15 is 0 Å². The summed E-state index contributed by atoms with van der Waals surface area (Å²) < 4.78 is 34.8. The van der Waals surface area contributed by atoms with Crippen LogP contribution in [0.15, 0.2) is 76.1 Å². The molecule has 9 heteroatoms. The van der Waals surface area contributed by atoms with Gasteiger partial charge in [-0.2, -0.15) is 4.31 Å². The van der Waals surface area contributed by atoms with E-state index in [9.17, 15) is 13.2 Å². The Kier molecular flexibility index (Phi) is 7.09. The maximum Gasteiger partial charge on any atom is 0.247 e. The molecule has 0 radical (unpaired) electrons. The minimum atomic E-state index is -4.10. The van der Waals surface area contributed by atoms with Crippen LogP contribution in [-0.4, -0.2) is 38.8 Å². The molecule has 0 aromatic heterocycles. The summed E-state index contributed by atoms with van der Waals surface area (Å²) in [6.07, 6.45) is 0.716. The van der Waals surface area contributed by atoms with Gasteiger partial charge >= 0.3 is 0 Å². The zero-order valence-corrected chi connectivity index (χ0v) is 21.0. The fourth-order valence-corrected chi connectivity index (χ4v) is 6.07. The van der Waals surface area contributed by atoms with Crippen LogP contribution in [-0.2, 0) is 27.8 Å². The van der Waals surface area contributed by atoms with E-state index in [1.807, 2.05) is 48.5 Å². The number of anilines is 1. The Hall–Kier alpha value is -2.39. The number of carbonyl (C=O) groups is 1. The first-order valence-electron chi connectivity index (χ1n) is 10.3. The van der Waals surface area contributed by atoms with Crippen molar-refractivity contribution in [2.75, 3.05) is 25.1 Å². The summed E-state index contributed by atoms with van der Waals surface area (Å²) in [5.41, 5.74) is 2.62. The molecule has 0 aliphatic carbocycles. The Bertz CT molecular complexity index is 1280. The van der Waals surface area contributed by atoms with Crippen LogP contribution < -0.4 is 9.64 Å². The number of halogens is 2. The average molecular weight is 550 g/mol. The Morgan fingerprint density at radius 1 is 1.12 bits per heavy atom. The van der Waals surface area contributed by atoms with Gasteiger partial charge in [0.1, 0.15) is 10.6 Å². The maximum absolute atomic E-state index is 13.7. The standard InChI is InChI=1S/C24H22BrClN2O4S/c1-32-22-10-8-20(26)14-23(22)33(30,31)27(15-17-5-3-2-4-6-17)16-24(29)28-12-11-18-13-19(25)7-9-21(18)28/h2-10,13-14H,11-12,15-16H2,1H3. The van der Waals surface area contributed by atoms with Crippen LogP contribution in [0, 0.1) is 0 Å². The summed E-state index contributed by atoms with van der Waals surface area (Å²) in [5.74, 6) is -0.127. The van der Waals surface area contributed by atoms with Gasteiger partial charge in [0.2, 0.25) is 15.9 Å². The molecule has 33 heavy (non-hydrogen) atoms. The van der Waals surface area contributed by atoms with Crippen LogP contribution in [0.5, 0.6) is 5.75 Å². The SMILES string of the molecule is COc1ccc(Cl)cc1S(=O)(=O)N(CC(=O)N1CCc2cc(Br)ccc21)Cc1ccccc1. The third kappa shape index (κ3) is 5.09. The summed E-state index contributed by atoms with van der Waals surface area (Å²) in [4.78, 5) is 14.9. The van der Waals surface area contributed by atoms with Crippen LogP contribution in [0.3, 0.4) is 0 Å². The third-order valence-corrected chi connectivity index (χ3v) is 8.04. The van der Waals surface area contributed by atoms with Gasteiger partial charge in [-0.25, -0.2) is 8.42 Å². The first-order chi connectivity index (χ1) is 15.8. The minimum Gasteiger partial charge on any atom is -0.495 e. The topological polar surface area (TPSA) is 66.9 Å². The molecule has 0 spiro atoms. The van der Waals surface area contributed by atoms with E-state index in [4.69, 9.17) is 16.3 Å². The van der Waals surface area contributed by atoms with Crippen molar-refractivity contribution in [3.63, 3.8) is 0 Å². The highest BCUT2D eigenvalue weighted by Crippen LogP contribution is 2.33. The highest BCUT2D eigenvalue weighted by molar-refractivity contribution is 9.10. The second kappa shape index (κ2) is 9.85. The highest BCUT2D eigenvalue weighted by atomic mass is 79.9. The lowest BCUT2D eigenvalue weighted by atomic mass is 10.2. The van der Waals surface area contributed by atoms with Crippen LogP contribution >= 0.6 is 27.5 Å². The van der Waals surface area contributed by atoms with E-state index in [0.29, 0.717) is 13.0 Å². The van der Waals surface area contributed by atoms with Crippen LogP contribution in [0.1, 0.15) is 11.1 Å². The molecule has 1 aliphatic heterocycles. The molecule has 0 saturated carbocycles. The number of rotatable bonds is 7. The molecule has 3 aromatic rings. The smallest absolute Gasteiger partial charge is 0.247 e. The number of sulfonamides is 1. The van der Waals surface area contributed by atoms with Crippen molar-refractivity contribution in [1.29, 1.82) is 0 Å². The largest absolute Gasteiger partial charge is 0.495 e. The molecular formula is C24H22BrClN2O4S. The Morgan fingerprint density at radius 3 is 2.61 bits per heavy atom. The number of hydrogen-bond acceptors (Lipinski definition) is 4. The summed E-state index contributed by atoms with van der Waals surface area (Å²) in [5, 5.41) is 0.263. The molecule has 1 amide bonds. The summed E-state index contributed by atoms with van der Waals surface area (Å²) in [6, 6.07) is 19.3. The molecule has 0 saturated heterocycles. The molecular weight excluding hydrogens is 528 g/mol. The Balaban J connectivity index is 1.69. The number of amides is 1. The fraction of sp³-hybridized carbons (Fsp3) is 0.208. The molecule has 0 unspecified atom stereocenters. The second-order valence-corrected chi connectivity index (χ2v) is 10.9. The predicted octanol–water partition coefficient (Wildman–Crippen LogP) is 4.89. The number of nitrogens with zero attached hydrogens (tertiary/aromatic N) is 2. The molecule has 0 N–H and O–H groups in total. The van der Waals surface area contributed by atoms with E-state index in [2.05, 4.69) is 15.9 Å². The monoisotopic (exact) mass is 548 g/mol. The summed E-state index contributed by atoms with van der Waals surface area (Å²) in [6.45, 7) is 0.221. The third-order valence-electron chi connectivity index (χ3n) is 5.50. The van der Waals surface area contributed by atoms with Crippen LogP contribution in [0.25, 0.3) is 0 Å². The molecule has 3 aromatic carbocycles.